The fourth-order valence-corrected chi connectivity index (χ4v) is 5.82. The van der Waals surface area contributed by atoms with Crippen molar-refractivity contribution in [3.05, 3.63) is 72.2 Å². The van der Waals surface area contributed by atoms with Crippen LogP contribution in [-0.2, 0) is 17.8 Å². The zero-order chi connectivity index (χ0) is 26.6. The van der Waals surface area contributed by atoms with E-state index in [0.29, 0.717) is 18.4 Å². The molecule has 1 unspecified atom stereocenters. The van der Waals surface area contributed by atoms with Crippen LogP contribution < -0.4 is 16.0 Å². The predicted molar refractivity (Wildman–Crippen MR) is 153 cm³/mol. The van der Waals surface area contributed by atoms with Gasteiger partial charge in [0, 0.05) is 68.7 Å². The largest absolute Gasteiger partial charge is 0.368 e. The zero-order valence-corrected chi connectivity index (χ0v) is 22.4. The van der Waals surface area contributed by atoms with Crippen molar-refractivity contribution in [2.75, 3.05) is 38.0 Å². The number of amides is 1. The van der Waals surface area contributed by atoms with Crippen LogP contribution in [-0.4, -0.2) is 69.1 Å². The Hall–Kier alpha value is -3.82. The molecule has 1 fully saturated rings. The monoisotopic (exact) mass is 524 g/mol. The average Bonchev–Trinajstić information content (AvgIpc) is 3.40. The number of nitrogens with zero attached hydrogens (tertiary/aromatic N) is 5. The second-order valence-corrected chi connectivity index (χ2v) is 10.6. The highest BCUT2D eigenvalue weighted by Gasteiger charge is 2.21. The highest BCUT2D eigenvalue weighted by molar-refractivity contribution is 5.78. The van der Waals surface area contributed by atoms with Gasteiger partial charge in [-0.15, -0.1) is 0 Å². The lowest BCUT2D eigenvalue weighted by molar-refractivity contribution is -0.119. The van der Waals surface area contributed by atoms with Gasteiger partial charge in [0.25, 0.3) is 0 Å². The van der Waals surface area contributed by atoms with Crippen molar-refractivity contribution in [1.29, 1.82) is 0 Å². The molecule has 2 aliphatic rings. The van der Waals surface area contributed by atoms with E-state index in [-0.39, 0.29) is 11.9 Å². The molecule has 1 atom stereocenters. The van der Waals surface area contributed by atoms with Gasteiger partial charge in [-0.2, -0.15) is 0 Å². The van der Waals surface area contributed by atoms with Gasteiger partial charge in [-0.05, 0) is 61.7 Å². The number of rotatable bonds is 8. The minimum absolute atomic E-state index is 0.0284. The van der Waals surface area contributed by atoms with Gasteiger partial charge in [0.05, 0.1) is 6.04 Å². The molecule has 3 aromatic heterocycles. The van der Waals surface area contributed by atoms with E-state index in [1.54, 1.807) is 13.1 Å². The lowest BCUT2D eigenvalue weighted by Crippen LogP contribution is -2.48. The highest BCUT2D eigenvalue weighted by Crippen LogP contribution is 2.26. The van der Waals surface area contributed by atoms with Crippen molar-refractivity contribution < 1.29 is 4.79 Å². The van der Waals surface area contributed by atoms with Gasteiger partial charge >= 0.3 is 0 Å². The lowest BCUT2D eigenvalue weighted by atomic mass is 9.99. The van der Waals surface area contributed by atoms with Crippen molar-refractivity contribution in [1.82, 2.24) is 35.1 Å². The number of aromatic nitrogens is 4. The minimum Gasteiger partial charge on any atom is -0.368 e. The Labute approximate surface area is 229 Å². The first kappa shape index (κ1) is 25.5. The van der Waals surface area contributed by atoms with E-state index < -0.39 is 0 Å². The first-order valence-electron chi connectivity index (χ1n) is 13.9. The fraction of sp³-hybridized carbons (Fsp3) is 0.400. The molecule has 6 rings (SSSR count). The summed E-state index contributed by atoms with van der Waals surface area (Å²) in [5.41, 5.74) is 4.69. The third kappa shape index (κ3) is 5.94. The number of piperidine rings is 1. The number of carbonyl (C=O) groups is 1. The summed E-state index contributed by atoms with van der Waals surface area (Å²) >= 11 is 0. The van der Waals surface area contributed by atoms with Gasteiger partial charge in [-0.1, -0.05) is 24.3 Å². The van der Waals surface area contributed by atoms with Crippen molar-refractivity contribution in [3.8, 4) is 11.4 Å². The third-order valence-electron chi connectivity index (χ3n) is 7.80. The van der Waals surface area contributed by atoms with E-state index in [1.165, 1.54) is 11.1 Å². The van der Waals surface area contributed by atoms with Gasteiger partial charge in [-0.3, -0.25) is 9.69 Å². The molecule has 1 aromatic carbocycles. The molecule has 0 aliphatic carbocycles. The lowest BCUT2D eigenvalue weighted by Gasteiger charge is -2.32. The number of nitrogens with one attached hydrogen (secondary N) is 3. The standard InChI is InChI=1S/C30H36N8O/c1-21(39)35-26(20-37-14-9-22-4-2-3-5-25(22)19-37)18-33-28-16-23(6-13-32-28)29-34-17-24-10-15-38(30(24)36-29)27-7-11-31-12-8-27/h2-6,10,13,15-17,26-27,31H,7-9,11-12,14,18-20H2,1H3,(H,32,33)(H,35,39). The summed E-state index contributed by atoms with van der Waals surface area (Å²) in [5.74, 6) is 1.40. The number of pyridine rings is 1. The van der Waals surface area contributed by atoms with Gasteiger partial charge in [0.2, 0.25) is 5.91 Å². The molecule has 0 bridgehead atoms. The molecular formula is C30H36N8O. The van der Waals surface area contributed by atoms with Crippen molar-refractivity contribution >= 4 is 22.8 Å². The maximum atomic E-state index is 12.0. The van der Waals surface area contributed by atoms with E-state index in [9.17, 15) is 4.79 Å². The molecule has 3 N–H and O–H groups in total. The molecule has 5 heterocycles. The Morgan fingerprint density at radius 2 is 1.97 bits per heavy atom. The predicted octanol–water partition coefficient (Wildman–Crippen LogP) is 3.39. The van der Waals surface area contributed by atoms with Crippen LogP contribution >= 0.6 is 0 Å². The van der Waals surface area contributed by atoms with Crippen LogP contribution in [0.4, 0.5) is 5.82 Å². The summed E-state index contributed by atoms with van der Waals surface area (Å²) < 4.78 is 2.30. The second kappa shape index (κ2) is 11.5. The Bertz CT molecular complexity index is 1440. The molecule has 0 radical (unpaired) electrons. The highest BCUT2D eigenvalue weighted by atomic mass is 16.1. The Kier molecular flexibility index (Phi) is 7.51. The maximum absolute atomic E-state index is 12.0. The second-order valence-electron chi connectivity index (χ2n) is 10.6. The number of anilines is 1. The Morgan fingerprint density at radius 3 is 2.82 bits per heavy atom. The summed E-state index contributed by atoms with van der Waals surface area (Å²) in [6.07, 6.45) is 9.07. The summed E-state index contributed by atoms with van der Waals surface area (Å²) in [5, 5.41) is 11.1. The number of fused-ring (bicyclic) bond motifs is 2. The summed E-state index contributed by atoms with van der Waals surface area (Å²) in [4.78, 5) is 28.5. The molecule has 0 saturated carbocycles. The van der Waals surface area contributed by atoms with E-state index in [2.05, 4.69) is 71.9 Å². The normalized spacial score (nSPS) is 17.1. The van der Waals surface area contributed by atoms with E-state index in [1.807, 2.05) is 18.3 Å². The SMILES string of the molecule is CC(=O)NC(CNc1cc(-c2ncc3ccn(C4CCNCC4)c3n2)ccn1)CN1CCc2ccccc2C1. The quantitative estimate of drug-likeness (QED) is 0.325. The molecule has 9 heteroatoms. The third-order valence-corrected chi connectivity index (χ3v) is 7.80. The smallest absolute Gasteiger partial charge is 0.217 e. The number of hydrogen-bond acceptors (Lipinski definition) is 7. The first-order chi connectivity index (χ1) is 19.1. The Morgan fingerprint density at radius 1 is 1.13 bits per heavy atom. The molecule has 2 aliphatic heterocycles. The van der Waals surface area contributed by atoms with Gasteiger partial charge in [-0.25, -0.2) is 15.0 Å². The molecule has 39 heavy (non-hydrogen) atoms. The van der Waals surface area contributed by atoms with Crippen molar-refractivity contribution in [2.24, 2.45) is 0 Å². The molecule has 1 amide bonds. The van der Waals surface area contributed by atoms with Crippen LogP contribution in [0, 0.1) is 0 Å². The molecule has 9 nitrogen and oxygen atoms in total. The van der Waals surface area contributed by atoms with Crippen LogP contribution in [0.25, 0.3) is 22.4 Å². The Balaban J connectivity index is 1.15. The van der Waals surface area contributed by atoms with Crippen LogP contribution in [0.3, 0.4) is 0 Å². The van der Waals surface area contributed by atoms with E-state index in [0.717, 1.165) is 74.4 Å². The number of hydrogen-bond donors (Lipinski definition) is 3. The van der Waals surface area contributed by atoms with Crippen LogP contribution in [0.1, 0.15) is 36.9 Å². The fourth-order valence-electron chi connectivity index (χ4n) is 5.82. The van der Waals surface area contributed by atoms with Crippen molar-refractivity contribution in [3.63, 3.8) is 0 Å². The van der Waals surface area contributed by atoms with Gasteiger partial charge in [0.1, 0.15) is 11.5 Å². The molecule has 0 spiro atoms. The van der Waals surface area contributed by atoms with Crippen molar-refractivity contribution in [2.45, 2.75) is 44.8 Å². The molecular weight excluding hydrogens is 488 g/mol. The van der Waals surface area contributed by atoms with Gasteiger partial charge in [0.15, 0.2) is 5.82 Å². The molecule has 1 saturated heterocycles. The maximum Gasteiger partial charge on any atom is 0.217 e. The minimum atomic E-state index is -0.0425. The summed E-state index contributed by atoms with van der Waals surface area (Å²) in [6, 6.07) is 15.1. The average molecular weight is 525 g/mol. The van der Waals surface area contributed by atoms with Crippen LogP contribution in [0.2, 0.25) is 0 Å². The van der Waals surface area contributed by atoms with E-state index in [4.69, 9.17) is 4.98 Å². The van der Waals surface area contributed by atoms with E-state index >= 15 is 0 Å². The van der Waals surface area contributed by atoms with Gasteiger partial charge < -0.3 is 20.5 Å². The molecule has 4 aromatic rings. The topological polar surface area (TPSA) is 100 Å². The molecule has 202 valence electrons. The van der Waals surface area contributed by atoms with Crippen LogP contribution in [0.5, 0.6) is 0 Å². The first-order valence-corrected chi connectivity index (χ1v) is 13.9. The number of benzene rings is 1. The summed E-state index contributed by atoms with van der Waals surface area (Å²) in [6.45, 7) is 6.88. The van der Waals surface area contributed by atoms with Crippen LogP contribution in [0.15, 0.2) is 61.1 Å². The summed E-state index contributed by atoms with van der Waals surface area (Å²) in [7, 11) is 0. The zero-order valence-electron chi connectivity index (χ0n) is 22.4. The number of carbonyl (C=O) groups excluding carboxylic acids is 1.